The van der Waals surface area contributed by atoms with E-state index in [0.29, 0.717) is 0 Å². The van der Waals surface area contributed by atoms with Crippen molar-refractivity contribution < 1.29 is 4.79 Å². The molecule has 56 valence electrons. The van der Waals surface area contributed by atoms with Gasteiger partial charge in [-0.05, 0) is 13.3 Å². The first-order valence-corrected chi connectivity index (χ1v) is 3.59. The molecule has 0 aromatic heterocycles. The molecule has 0 radical (unpaired) electrons. The lowest BCUT2D eigenvalue weighted by Gasteiger charge is -2.03. The lowest BCUT2D eigenvalue weighted by atomic mass is 10.00. The third kappa shape index (κ3) is 1.17. The number of carbonyl (C=O) groups is 1. The van der Waals surface area contributed by atoms with Gasteiger partial charge >= 0.3 is 0 Å². The average Bonchev–Trinajstić information content (AvgIpc) is 2.20. The summed E-state index contributed by atoms with van der Waals surface area (Å²) in [6.45, 7) is 3.96. The molecule has 0 saturated heterocycles. The summed E-state index contributed by atoms with van der Waals surface area (Å²) in [7, 11) is 0. The third-order valence-corrected chi connectivity index (χ3v) is 1.74. The Labute approximate surface area is 60.5 Å². The van der Waals surface area contributed by atoms with E-state index in [4.69, 9.17) is 0 Å². The molecule has 10 heavy (non-hydrogen) atoms. The minimum atomic E-state index is 0.0463. The van der Waals surface area contributed by atoms with Gasteiger partial charge in [0, 0.05) is 5.71 Å². The minimum Gasteiger partial charge on any atom is -0.272 e. The highest BCUT2D eigenvalue weighted by Crippen LogP contribution is 2.12. The zero-order valence-electron chi connectivity index (χ0n) is 6.35. The van der Waals surface area contributed by atoms with E-state index >= 15 is 0 Å². The summed E-state index contributed by atoms with van der Waals surface area (Å²) in [5.74, 6) is 0.101. The molecule has 1 N–H and O–H groups in total. The van der Waals surface area contributed by atoms with Gasteiger partial charge in [-0.25, -0.2) is 5.43 Å². The van der Waals surface area contributed by atoms with Crippen LogP contribution in [0.1, 0.15) is 26.7 Å². The molecule has 0 unspecified atom stereocenters. The van der Waals surface area contributed by atoms with Crippen molar-refractivity contribution >= 4 is 11.6 Å². The first-order valence-electron chi connectivity index (χ1n) is 3.59. The molecule has 1 amide bonds. The van der Waals surface area contributed by atoms with E-state index in [1.807, 2.05) is 6.92 Å². The number of rotatable bonds is 2. The van der Waals surface area contributed by atoms with Crippen LogP contribution in [0.5, 0.6) is 0 Å². The van der Waals surface area contributed by atoms with Crippen molar-refractivity contribution in [3.05, 3.63) is 0 Å². The van der Waals surface area contributed by atoms with Crippen LogP contribution in [-0.4, -0.2) is 11.6 Å². The second-order valence-corrected chi connectivity index (χ2v) is 2.57. The molecular formula is C7H12N2O. The average molecular weight is 140 g/mol. The summed E-state index contributed by atoms with van der Waals surface area (Å²) in [6.07, 6.45) is 1.95. The highest BCUT2D eigenvalue weighted by atomic mass is 16.2. The molecule has 0 fully saturated rings. The van der Waals surface area contributed by atoms with Crippen molar-refractivity contribution in [1.82, 2.24) is 5.43 Å². The van der Waals surface area contributed by atoms with E-state index in [-0.39, 0.29) is 11.8 Å². The summed E-state index contributed by atoms with van der Waals surface area (Å²) in [5.41, 5.74) is 3.38. The quantitative estimate of drug-likeness (QED) is 0.608. The Balaban J connectivity index is 2.56. The predicted octanol–water partition coefficient (Wildman–Crippen LogP) is 0.908. The molecule has 3 heteroatoms. The molecule has 1 atom stereocenters. The van der Waals surface area contributed by atoms with Gasteiger partial charge in [0.2, 0.25) is 5.91 Å². The molecule has 3 nitrogen and oxygen atoms in total. The summed E-state index contributed by atoms with van der Waals surface area (Å²) < 4.78 is 0. The van der Waals surface area contributed by atoms with Crippen LogP contribution in [0.3, 0.4) is 0 Å². The van der Waals surface area contributed by atoms with Gasteiger partial charge in [-0.3, -0.25) is 4.79 Å². The molecule has 0 saturated carbocycles. The van der Waals surface area contributed by atoms with Crippen molar-refractivity contribution in [1.29, 1.82) is 0 Å². The first-order chi connectivity index (χ1) is 4.75. The largest absolute Gasteiger partial charge is 0.272 e. The van der Waals surface area contributed by atoms with Gasteiger partial charge in [-0.15, -0.1) is 0 Å². The van der Waals surface area contributed by atoms with Gasteiger partial charge in [0.25, 0.3) is 0 Å². The number of hydrogen-bond donors (Lipinski definition) is 1. The Hall–Kier alpha value is -0.860. The Morgan fingerprint density at radius 1 is 1.70 bits per heavy atom. The van der Waals surface area contributed by atoms with E-state index in [1.165, 1.54) is 0 Å². The van der Waals surface area contributed by atoms with Crippen molar-refractivity contribution in [2.45, 2.75) is 26.7 Å². The van der Waals surface area contributed by atoms with Crippen LogP contribution in [0.25, 0.3) is 0 Å². The zero-order valence-corrected chi connectivity index (χ0v) is 6.35. The Morgan fingerprint density at radius 3 is 2.80 bits per heavy atom. The van der Waals surface area contributed by atoms with E-state index in [9.17, 15) is 4.79 Å². The van der Waals surface area contributed by atoms with Crippen LogP contribution in [0.4, 0.5) is 0 Å². The maximum atomic E-state index is 10.9. The van der Waals surface area contributed by atoms with Gasteiger partial charge in [0.1, 0.15) is 0 Å². The summed E-state index contributed by atoms with van der Waals surface area (Å²) in [5, 5.41) is 3.83. The van der Waals surface area contributed by atoms with Crippen LogP contribution in [-0.2, 0) is 4.79 Å². The smallest absolute Gasteiger partial charge is 0.248 e. The zero-order chi connectivity index (χ0) is 7.56. The molecule has 1 heterocycles. The fourth-order valence-electron chi connectivity index (χ4n) is 1.12. The predicted molar refractivity (Wildman–Crippen MR) is 39.6 cm³/mol. The van der Waals surface area contributed by atoms with Crippen LogP contribution >= 0.6 is 0 Å². The normalized spacial score (nSPS) is 24.4. The standard InChI is InChI=1S/C7H12N2O/c1-3-4-6-5(2)8-9-7(6)10/h6H,3-4H2,1-2H3,(H,9,10)/t6-/m1/s1. The number of nitrogens with one attached hydrogen (secondary N) is 1. The molecule has 1 aliphatic heterocycles. The third-order valence-electron chi connectivity index (χ3n) is 1.74. The fourth-order valence-corrected chi connectivity index (χ4v) is 1.12. The van der Waals surface area contributed by atoms with Crippen LogP contribution in [0, 0.1) is 5.92 Å². The van der Waals surface area contributed by atoms with Crippen LogP contribution in [0.15, 0.2) is 5.10 Å². The van der Waals surface area contributed by atoms with E-state index < -0.39 is 0 Å². The maximum Gasteiger partial charge on any atom is 0.248 e. The molecule has 0 aromatic carbocycles. The summed E-state index contributed by atoms with van der Waals surface area (Å²) in [4.78, 5) is 10.9. The minimum absolute atomic E-state index is 0.0463. The Morgan fingerprint density at radius 2 is 2.40 bits per heavy atom. The van der Waals surface area contributed by atoms with Crippen molar-refractivity contribution in [3.63, 3.8) is 0 Å². The lowest BCUT2D eigenvalue weighted by Crippen LogP contribution is -2.21. The molecule has 1 aliphatic rings. The molecule has 0 spiro atoms. The second kappa shape index (κ2) is 2.82. The van der Waals surface area contributed by atoms with E-state index in [0.717, 1.165) is 18.6 Å². The molecule has 0 aliphatic carbocycles. The molecule has 0 bridgehead atoms. The number of nitrogens with zero attached hydrogens (tertiary/aromatic N) is 1. The Kier molecular flexibility index (Phi) is 2.04. The highest BCUT2D eigenvalue weighted by molar-refractivity contribution is 6.06. The SMILES string of the molecule is CCC[C@H]1C(=O)NN=C1C. The number of hydrogen-bond acceptors (Lipinski definition) is 2. The van der Waals surface area contributed by atoms with E-state index in [1.54, 1.807) is 0 Å². The van der Waals surface area contributed by atoms with Crippen LogP contribution < -0.4 is 5.43 Å². The van der Waals surface area contributed by atoms with E-state index in [2.05, 4.69) is 17.5 Å². The van der Waals surface area contributed by atoms with Crippen molar-refractivity contribution in [2.24, 2.45) is 11.0 Å². The summed E-state index contributed by atoms with van der Waals surface area (Å²) >= 11 is 0. The summed E-state index contributed by atoms with van der Waals surface area (Å²) in [6, 6.07) is 0. The molecule has 1 rings (SSSR count). The van der Waals surface area contributed by atoms with Crippen molar-refractivity contribution in [3.8, 4) is 0 Å². The van der Waals surface area contributed by atoms with Gasteiger partial charge in [-0.2, -0.15) is 5.10 Å². The number of carbonyl (C=O) groups excluding carboxylic acids is 1. The number of hydrazone groups is 1. The number of amides is 1. The maximum absolute atomic E-state index is 10.9. The van der Waals surface area contributed by atoms with Gasteiger partial charge in [0.15, 0.2) is 0 Å². The van der Waals surface area contributed by atoms with Crippen LogP contribution in [0.2, 0.25) is 0 Å². The lowest BCUT2D eigenvalue weighted by molar-refractivity contribution is -0.122. The first kappa shape index (κ1) is 7.25. The molecular weight excluding hydrogens is 128 g/mol. The Bertz CT molecular complexity index is 174. The fraction of sp³-hybridized carbons (Fsp3) is 0.714. The highest BCUT2D eigenvalue weighted by Gasteiger charge is 2.25. The van der Waals surface area contributed by atoms with Gasteiger partial charge in [-0.1, -0.05) is 13.3 Å². The van der Waals surface area contributed by atoms with Crippen molar-refractivity contribution in [2.75, 3.05) is 0 Å². The van der Waals surface area contributed by atoms with Gasteiger partial charge in [0.05, 0.1) is 5.92 Å². The monoisotopic (exact) mass is 140 g/mol. The second-order valence-electron chi connectivity index (χ2n) is 2.57. The molecule has 0 aromatic rings. The topological polar surface area (TPSA) is 41.5 Å². The van der Waals surface area contributed by atoms with Gasteiger partial charge < -0.3 is 0 Å².